The molecule has 0 aliphatic carbocycles. The van der Waals surface area contributed by atoms with Crippen LogP contribution in [0.5, 0.6) is 0 Å². The van der Waals surface area contributed by atoms with E-state index in [4.69, 9.17) is 11.6 Å². The minimum atomic E-state index is -4.44. The van der Waals surface area contributed by atoms with E-state index in [9.17, 15) is 26.7 Å². The van der Waals surface area contributed by atoms with Gasteiger partial charge in [-0.3, -0.25) is 10.1 Å². The molecule has 1 aromatic heterocycles. The van der Waals surface area contributed by atoms with E-state index in [1.165, 1.54) is 12.3 Å². The number of benzene rings is 2. The molecule has 146 valence electrons. The third kappa shape index (κ3) is 4.66. The van der Waals surface area contributed by atoms with Crippen LogP contribution in [0.3, 0.4) is 0 Å². The number of amides is 1. The molecule has 0 radical (unpaired) electrons. The van der Waals surface area contributed by atoms with Crippen LogP contribution in [0.15, 0.2) is 42.6 Å². The van der Waals surface area contributed by atoms with Crippen LogP contribution in [0.2, 0.25) is 5.02 Å². The lowest BCUT2D eigenvalue weighted by molar-refractivity contribution is -0.137. The van der Waals surface area contributed by atoms with Gasteiger partial charge in [0.05, 0.1) is 16.1 Å². The van der Waals surface area contributed by atoms with Gasteiger partial charge in [-0.2, -0.15) is 13.2 Å². The van der Waals surface area contributed by atoms with Crippen molar-refractivity contribution >= 4 is 34.0 Å². The summed E-state index contributed by atoms with van der Waals surface area (Å²) >= 11 is 6.79. The molecule has 1 amide bonds. The summed E-state index contributed by atoms with van der Waals surface area (Å²) in [6.45, 7) is 0. The van der Waals surface area contributed by atoms with Crippen LogP contribution >= 0.6 is 22.9 Å². The van der Waals surface area contributed by atoms with Crippen molar-refractivity contribution in [3.63, 3.8) is 0 Å². The van der Waals surface area contributed by atoms with Crippen LogP contribution in [0, 0.1) is 11.6 Å². The number of nitrogens with zero attached hydrogens (tertiary/aromatic N) is 1. The molecule has 0 unspecified atom stereocenters. The molecule has 0 saturated carbocycles. The predicted octanol–water partition coefficient (Wildman–Crippen LogP) is 5.94. The van der Waals surface area contributed by atoms with E-state index in [-0.39, 0.29) is 22.1 Å². The summed E-state index contributed by atoms with van der Waals surface area (Å²) in [6.07, 6.45) is -2.84. The Morgan fingerprint density at radius 1 is 1.14 bits per heavy atom. The van der Waals surface area contributed by atoms with Crippen molar-refractivity contribution < 1.29 is 26.7 Å². The van der Waals surface area contributed by atoms with E-state index in [0.29, 0.717) is 22.6 Å². The third-order valence-electron chi connectivity index (χ3n) is 3.66. The molecule has 3 nitrogen and oxygen atoms in total. The lowest BCUT2D eigenvalue weighted by Crippen LogP contribution is -2.13. The maximum absolute atomic E-state index is 13.3. The number of rotatable bonds is 4. The fourth-order valence-corrected chi connectivity index (χ4v) is 3.44. The Labute approximate surface area is 164 Å². The van der Waals surface area contributed by atoms with Crippen molar-refractivity contribution in [2.24, 2.45) is 0 Å². The summed E-state index contributed by atoms with van der Waals surface area (Å²) in [5.74, 6) is -3.19. The fourth-order valence-electron chi connectivity index (χ4n) is 2.37. The molecular formula is C18H10ClF5N2OS. The highest BCUT2D eigenvalue weighted by molar-refractivity contribution is 7.15. The van der Waals surface area contributed by atoms with E-state index in [2.05, 4.69) is 10.3 Å². The molecule has 0 spiro atoms. The predicted molar refractivity (Wildman–Crippen MR) is 95.7 cm³/mol. The van der Waals surface area contributed by atoms with Crippen molar-refractivity contribution in [2.45, 2.75) is 12.6 Å². The number of hydrogen-bond acceptors (Lipinski definition) is 3. The minimum absolute atomic E-state index is 0.146. The number of nitrogens with one attached hydrogen (secondary N) is 1. The molecule has 0 saturated heterocycles. The zero-order valence-corrected chi connectivity index (χ0v) is 15.4. The zero-order valence-electron chi connectivity index (χ0n) is 13.8. The van der Waals surface area contributed by atoms with Crippen molar-refractivity contribution in [3.8, 4) is 0 Å². The highest BCUT2D eigenvalue weighted by Gasteiger charge is 2.30. The third-order valence-corrected chi connectivity index (χ3v) is 4.89. The van der Waals surface area contributed by atoms with E-state index < -0.39 is 29.3 Å². The van der Waals surface area contributed by atoms with Gasteiger partial charge in [-0.1, -0.05) is 29.8 Å². The first-order valence-electron chi connectivity index (χ1n) is 7.70. The molecular weight excluding hydrogens is 423 g/mol. The van der Waals surface area contributed by atoms with E-state index in [0.717, 1.165) is 23.5 Å². The number of thiazole rings is 1. The van der Waals surface area contributed by atoms with Crippen molar-refractivity contribution in [1.82, 2.24) is 4.98 Å². The largest absolute Gasteiger partial charge is 0.416 e. The maximum atomic E-state index is 13.3. The average molecular weight is 433 g/mol. The number of hydrogen-bond donors (Lipinski definition) is 1. The number of carbonyl (C=O) groups is 1. The van der Waals surface area contributed by atoms with Gasteiger partial charge in [0.2, 0.25) is 0 Å². The molecule has 3 aromatic rings. The molecule has 3 rings (SSSR count). The van der Waals surface area contributed by atoms with Gasteiger partial charge in [0, 0.05) is 17.5 Å². The first kappa shape index (κ1) is 20.2. The normalized spacial score (nSPS) is 11.5. The first-order chi connectivity index (χ1) is 13.1. The van der Waals surface area contributed by atoms with Crippen LogP contribution in [-0.4, -0.2) is 10.9 Å². The van der Waals surface area contributed by atoms with Gasteiger partial charge in [-0.25, -0.2) is 13.8 Å². The molecule has 2 aromatic carbocycles. The molecule has 1 N–H and O–H groups in total. The summed E-state index contributed by atoms with van der Waals surface area (Å²) in [5.41, 5.74) is -0.591. The lowest BCUT2D eigenvalue weighted by Gasteiger charge is -2.08. The Hall–Kier alpha value is -2.52. The Morgan fingerprint density at radius 3 is 2.57 bits per heavy atom. The Balaban J connectivity index is 1.73. The Bertz CT molecular complexity index is 1040. The Kier molecular flexibility index (Phi) is 5.66. The second kappa shape index (κ2) is 7.84. The van der Waals surface area contributed by atoms with Crippen LogP contribution in [0.1, 0.15) is 26.4 Å². The monoisotopic (exact) mass is 432 g/mol. The standard InChI is InChI=1S/C18H10ClF5N2OS/c19-13-7-15(21)14(20)6-12(13)16(27)26-17-25-8-11(28-17)5-9-2-1-3-10(4-9)18(22,23)24/h1-4,6-8H,5H2,(H,25,26,27). The smallest absolute Gasteiger partial charge is 0.298 e. The highest BCUT2D eigenvalue weighted by Crippen LogP contribution is 2.31. The molecule has 0 atom stereocenters. The number of anilines is 1. The second-order valence-corrected chi connectivity index (χ2v) is 7.23. The molecule has 0 bridgehead atoms. The minimum Gasteiger partial charge on any atom is -0.298 e. The quantitative estimate of drug-likeness (QED) is 0.409. The fraction of sp³-hybridized carbons (Fsp3) is 0.111. The summed E-state index contributed by atoms with van der Waals surface area (Å²) < 4.78 is 64.8. The molecule has 28 heavy (non-hydrogen) atoms. The lowest BCUT2D eigenvalue weighted by atomic mass is 10.1. The zero-order chi connectivity index (χ0) is 20.5. The van der Waals surface area contributed by atoms with Crippen molar-refractivity contribution in [1.29, 1.82) is 0 Å². The van der Waals surface area contributed by atoms with Gasteiger partial charge >= 0.3 is 6.18 Å². The molecule has 10 heteroatoms. The van der Waals surface area contributed by atoms with Crippen LogP contribution in [0.4, 0.5) is 27.1 Å². The number of carbonyl (C=O) groups excluding carboxylic acids is 1. The maximum Gasteiger partial charge on any atom is 0.416 e. The molecule has 1 heterocycles. The van der Waals surface area contributed by atoms with Crippen LogP contribution in [0.25, 0.3) is 0 Å². The SMILES string of the molecule is O=C(Nc1ncc(Cc2cccc(C(F)(F)F)c2)s1)c1cc(F)c(F)cc1Cl. The summed E-state index contributed by atoms with van der Waals surface area (Å²) in [7, 11) is 0. The van der Waals surface area contributed by atoms with E-state index >= 15 is 0 Å². The number of alkyl halides is 3. The van der Waals surface area contributed by atoms with Gasteiger partial charge in [0.15, 0.2) is 16.8 Å². The van der Waals surface area contributed by atoms with Gasteiger partial charge in [0.25, 0.3) is 5.91 Å². The highest BCUT2D eigenvalue weighted by atomic mass is 35.5. The van der Waals surface area contributed by atoms with Crippen molar-refractivity contribution in [2.75, 3.05) is 5.32 Å². The average Bonchev–Trinajstić information content (AvgIpc) is 3.04. The van der Waals surface area contributed by atoms with E-state index in [1.54, 1.807) is 6.07 Å². The first-order valence-corrected chi connectivity index (χ1v) is 8.89. The van der Waals surface area contributed by atoms with Crippen LogP contribution < -0.4 is 5.32 Å². The topological polar surface area (TPSA) is 42.0 Å². The number of halogens is 6. The van der Waals surface area contributed by atoms with E-state index in [1.807, 2.05) is 0 Å². The second-order valence-electron chi connectivity index (χ2n) is 5.71. The Morgan fingerprint density at radius 2 is 1.86 bits per heavy atom. The van der Waals surface area contributed by atoms with Gasteiger partial charge < -0.3 is 0 Å². The summed E-state index contributed by atoms with van der Waals surface area (Å²) in [4.78, 5) is 16.8. The molecule has 0 aliphatic heterocycles. The number of aromatic nitrogens is 1. The van der Waals surface area contributed by atoms with Gasteiger partial charge in [0.1, 0.15) is 0 Å². The van der Waals surface area contributed by atoms with Crippen LogP contribution in [-0.2, 0) is 12.6 Å². The van der Waals surface area contributed by atoms with Gasteiger partial charge in [-0.05, 0) is 23.8 Å². The summed E-state index contributed by atoms with van der Waals surface area (Å²) in [5, 5.41) is 2.28. The van der Waals surface area contributed by atoms with Crippen molar-refractivity contribution in [3.05, 3.63) is 80.8 Å². The summed E-state index contributed by atoms with van der Waals surface area (Å²) in [6, 6.07) is 6.24. The van der Waals surface area contributed by atoms with Gasteiger partial charge in [-0.15, -0.1) is 11.3 Å². The molecule has 0 aliphatic rings. The molecule has 0 fully saturated rings.